The lowest BCUT2D eigenvalue weighted by molar-refractivity contribution is 0.241. The minimum Gasteiger partial charge on any atom is -0.369 e. The second-order valence-corrected chi connectivity index (χ2v) is 6.84. The zero-order valence-corrected chi connectivity index (χ0v) is 13.9. The molecule has 0 saturated carbocycles. The van der Waals surface area contributed by atoms with Crippen LogP contribution in [0.5, 0.6) is 0 Å². The molecular weight excluding hydrogens is 286 g/mol. The Bertz CT molecular complexity index is 671. The van der Waals surface area contributed by atoms with Crippen LogP contribution >= 0.6 is 0 Å². The Kier molecular flexibility index (Phi) is 4.08. The highest BCUT2D eigenvalue weighted by atomic mass is 16.5. The van der Waals surface area contributed by atoms with Crippen molar-refractivity contribution in [2.45, 2.75) is 39.2 Å². The quantitative estimate of drug-likeness (QED) is 0.871. The topological polar surface area (TPSA) is 32.5 Å². The first kappa shape index (κ1) is 14.8. The number of aromatic nitrogens is 1. The molecule has 2 aromatic rings. The molecule has 0 bridgehead atoms. The number of rotatable bonds is 3. The first-order valence-corrected chi connectivity index (χ1v) is 8.80. The molecular formula is C19H25N3O. The van der Waals surface area contributed by atoms with E-state index in [1.165, 1.54) is 35.3 Å². The average Bonchev–Trinajstić information content (AvgIpc) is 2.99. The number of anilines is 1. The van der Waals surface area contributed by atoms with E-state index in [2.05, 4.69) is 46.1 Å². The van der Waals surface area contributed by atoms with E-state index in [-0.39, 0.29) is 0 Å². The van der Waals surface area contributed by atoms with Crippen LogP contribution in [-0.4, -0.2) is 36.2 Å². The summed E-state index contributed by atoms with van der Waals surface area (Å²) in [6.07, 6.45) is 4.75. The lowest BCUT2D eigenvalue weighted by Gasteiger charge is -2.36. The fourth-order valence-corrected chi connectivity index (χ4v) is 3.77. The van der Waals surface area contributed by atoms with E-state index in [1.807, 2.05) is 0 Å². The third-order valence-corrected chi connectivity index (χ3v) is 5.14. The van der Waals surface area contributed by atoms with E-state index in [0.29, 0.717) is 0 Å². The van der Waals surface area contributed by atoms with Gasteiger partial charge in [-0.1, -0.05) is 17.3 Å². The van der Waals surface area contributed by atoms with Crippen LogP contribution in [-0.2, 0) is 19.4 Å². The molecule has 0 amide bonds. The van der Waals surface area contributed by atoms with Crippen LogP contribution in [0.15, 0.2) is 28.8 Å². The largest absolute Gasteiger partial charge is 0.369 e. The number of aryl methyl sites for hydroxylation is 2. The molecule has 1 aliphatic heterocycles. The SMILES string of the molecule is Cc1cccc(N2CCN(Cc3noc4c3CCCC4)CC2)c1. The standard InChI is InChI=1S/C19H25N3O/c1-15-5-4-6-16(13-15)22-11-9-21(10-12-22)14-18-17-7-2-3-8-19(17)23-20-18/h4-6,13H,2-3,7-12,14H2,1H3. The summed E-state index contributed by atoms with van der Waals surface area (Å²) in [6, 6.07) is 8.81. The highest BCUT2D eigenvalue weighted by Crippen LogP contribution is 2.25. The summed E-state index contributed by atoms with van der Waals surface area (Å²) < 4.78 is 5.55. The van der Waals surface area contributed by atoms with Gasteiger partial charge in [-0.25, -0.2) is 0 Å². The minimum absolute atomic E-state index is 0.945. The van der Waals surface area contributed by atoms with E-state index in [9.17, 15) is 0 Å². The molecule has 2 heterocycles. The van der Waals surface area contributed by atoms with Crippen molar-refractivity contribution in [1.29, 1.82) is 0 Å². The highest BCUT2D eigenvalue weighted by Gasteiger charge is 2.23. The summed E-state index contributed by atoms with van der Waals surface area (Å²) in [4.78, 5) is 5.00. The zero-order chi connectivity index (χ0) is 15.6. The zero-order valence-electron chi connectivity index (χ0n) is 13.9. The van der Waals surface area contributed by atoms with Crippen LogP contribution in [0.3, 0.4) is 0 Å². The third kappa shape index (κ3) is 3.13. The van der Waals surface area contributed by atoms with Crippen molar-refractivity contribution in [2.24, 2.45) is 0 Å². The van der Waals surface area contributed by atoms with E-state index in [0.717, 1.165) is 51.3 Å². The van der Waals surface area contributed by atoms with Gasteiger partial charge >= 0.3 is 0 Å². The van der Waals surface area contributed by atoms with Crippen molar-refractivity contribution in [3.8, 4) is 0 Å². The van der Waals surface area contributed by atoms with E-state index in [4.69, 9.17) is 4.52 Å². The van der Waals surface area contributed by atoms with Gasteiger partial charge in [-0.15, -0.1) is 0 Å². The van der Waals surface area contributed by atoms with Gasteiger partial charge in [0.05, 0.1) is 0 Å². The van der Waals surface area contributed by atoms with Crippen LogP contribution in [0.25, 0.3) is 0 Å². The molecule has 0 N–H and O–H groups in total. The van der Waals surface area contributed by atoms with Crippen molar-refractivity contribution in [3.63, 3.8) is 0 Å². The van der Waals surface area contributed by atoms with Crippen molar-refractivity contribution in [3.05, 3.63) is 46.8 Å². The molecule has 4 rings (SSSR count). The van der Waals surface area contributed by atoms with Crippen LogP contribution in [0, 0.1) is 6.92 Å². The van der Waals surface area contributed by atoms with Gasteiger partial charge in [-0.3, -0.25) is 4.90 Å². The van der Waals surface area contributed by atoms with Crippen LogP contribution < -0.4 is 4.90 Å². The van der Waals surface area contributed by atoms with Crippen molar-refractivity contribution in [2.75, 3.05) is 31.1 Å². The van der Waals surface area contributed by atoms with Crippen LogP contribution in [0.1, 0.15) is 35.4 Å². The second kappa shape index (κ2) is 6.36. The van der Waals surface area contributed by atoms with Gasteiger partial charge in [0.2, 0.25) is 0 Å². The molecule has 0 radical (unpaired) electrons. The fraction of sp³-hybridized carbons (Fsp3) is 0.526. The maximum Gasteiger partial charge on any atom is 0.140 e. The Labute approximate surface area is 138 Å². The Morgan fingerprint density at radius 1 is 1.09 bits per heavy atom. The Morgan fingerprint density at radius 2 is 1.91 bits per heavy atom. The van der Waals surface area contributed by atoms with E-state index < -0.39 is 0 Å². The lowest BCUT2D eigenvalue weighted by atomic mass is 9.96. The fourth-order valence-electron chi connectivity index (χ4n) is 3.77. The van der Waals surface area contributed by atoms with E-state index in [1.54, 1.807) is 0 Å². The summed E-state index contributed by atoms with van der Waals surface area (Å²) in [5.41, 5.74) is 5.27. The van der Waals surface area contributed by atoms with E-state index >= 15 is 0 Å². The number of hydrogen-bond donors (Lipinski definition) is 0. The second-order valence-electron chi connectivity index (χ2n) is 6.84. The molecule has 0 spiro atoms. The molecule has 0 atom stereocenters. The van der Waals surface area contributed by atoms with Gasteiger partial charge in [0.1, 0.15) is 11.5 Å². The van der Waals surface area contributed by atoms with Gasteiger partial charge in [-0.2, -0.15) is 0 Å². The first-order valence-electron chi connectivity index (χ1n) is 8.80. The number of piperazine rings is 1. The Balaban J connectivity index is 1.37. The predicted octanol–water partition coefficient (Wildman–Crippen LogP) is 3.18. The van der Waals surface area contributed by atoms with Gasteiger partial charge < -0.3 is 9.42 Å². The smallest absolute Gasteiger partial charge is 0.140 e. The highest BCUT2D eigenvalue weighted by molar-refractivity contribution is 5.48. The minimum atomic E-state index is 0.945. The number of hydrogen-bond acceptors (Lipinski definition) is 4. The predicted molar refractivity (Wildman–Crippen MR) is 91.8 cm³/mol. The van der Waals surface area contributed by atoms with Gasteiger partial charge in [0, 0.05) is 50.4 Å². The summed E-state index contributed by atoms with van der Waals surface area (Å²) in [6.45, 7) is 7.46. The van der Waals surface area contributed by atoms with Gasteiger partial charge in [0.25, 0.3) is 0 Å². The Hall–Kier alpha value is -1.81. The molecule has 122 valence electrons. The monoisotopic (exact) mass is 311 g/mol. The molecule has 4 heteroatoms. The summed E-state index contributed by atoms with van der Waals surface area (Å²) in [5, 5.41) is 4.35. The summed E-state index contributed by atoms with van der Waals surface area (Å²) in [5.74, 6) is 1.14. The first-order chi connectivity index (χ1) is 11.3. The molecule has 1 saturated heterocycles. The van der Waals surface area contributed by atoms with Crippen LogP contribution in [0.4, 0.5) is 5.69 Å². The molecule has 23 heavy (non-hydrogen) atoms. The molecule has 1 fully saturated rings. The molecule has 4 nitrogen and oxygen atoms in total. The normalized spacial score (nSPS) is 18.9. The number of fused-ring (bicyclic) bond motifs is 1. The Morgan fingerprint density at radius 3 is 2.74 bits per heavy atom. The van der Waals surface area contributed by atoms with Crippen LogP contribution in [0.2, 0.25) is 0 Å². The number of nitrogens with zero attached hydrogens (tertiary/aromatic N) is 3. The average molecular weight is 311 g/mol. The molecule has 2 aliphatic rings. The maximum absolute atomic E-state index is 5.55. The molecule has 1 aromatic heterocycles. The van der Waals surface area contributed by atoms with Crippen molar-refractivity contribution in [1.82, 2.24) is 10.1 Å². The van der Waals surface area contributed by atoms with Crippen molar-refractivity contribution < 1.29 is 4.52 Å². The lowest BCUT2D eigenvalue weighted by Crippen LogP contribution is -2.46. The number of benzene rings is 1. The molecule has 0 unspecified atom stereocenters. The van der Waals surface area contributed by atoms with Crippen molar-refractivity contribution >= 4 is 5.69 Å². The maximum atomic E-state index is 5.55. The summed E-state index contributed by atoms with van der Waals surface area (Å²) in [7, 11) is 0. The summed E-state index contributed by atoms with van der Waals surface area (Å²) >= 11 is 0. The molecule has 1 aliphatic carbocycles. The van der Waals surface area contributed by atoms with Gasteiger partial charge in [-0.05, 0) is 43.9 Å². The molecule has 1 aromatic carbocycles. The van der Waals surface area contributed by atoms with Gasteiger partial charge in [0.15, 0.2) is 0 Å². The third-order valence-electron chi connectivity index (χ3n) is 5.14.